The minimum Gasteiger partial charge on any atom is -0.362 e. The molecule has 1 saturated heterocycles. The number of nitrogens with zero attached hydrogens (tertiary/aromatic N) is 4. The molecule has 1 fully saturated rings. The Kier molecular flexibility index (Phi) is 4.64. The van der Waals surface area contributed by atoms with E-state index in [9.17, 15) is 4.79 Å². The van der Waals surface area contributed by atoms with E-state index in [0.29, 0.717) is 12.4 Å². The van der Waals surface area contributed by atoms with Crippen molar-refractivity contribution in [3.05, 3.63) is 53.2 Å². The topological polar surface area (TPSA) is 72.9 Å². The molecule has 0 saturated carbocycles. The minimum absolute atomic E-state index is 0.0307. The van der Waals surface area contributed by atoms with Crippen LogP contribution in [-0.4, -0.2) is 64.9 Å². The summed E-state index contributed by atoms with van der Waals surface area (Å²) in [7, 11) is 0. The predicted octanol–water partition coefficient (Wildman–Crippen LogP) is 2.65. The summed E-state index contributed by atoms with van der Waals surface area (Å²) in [6.45, 7) is 3.78. The second kappa shape index (κ2) is 7.31. The number of benzene rings is 1. The average Bonchev–Trinajstić information content (AvgIpc) is 3.21. The van der Waals surface area contributed by atoms with Gasteiger partial charge in [-0.2, -0.15) is 0 Å². The lowest BCUT2D eigenvalue weighted by Crippen LogP contribution is -2.63. The summed E-state index contributed by atoms with van der Waals surface area (Å²) in [6.07, 6.45) is 3.50. The number of pyridine rings is 1. The van der Waals surface area contributed by atoms with Gasteiger partial charge in [0.15, 0.2) is 0 Å². The van der Waals surface area contributed by atoms with Crippen molar-refractivity contribution in [2.75, 3.05) is 43.4 Å². The monoisotopic (exact) mass is 410 g/mol. The number of carbonyl (C=O) groups excluding carboxylic acids is 1. The Morgan fingerprint density at radius 3 is 2.86 bits per heavy atom. The van der Waals surface area contributed by atoms with E-state index in [1.165, 1.54) is 0 Å². The van der Waals surface area contributed by atoms with Gasteiger partial charge in [-0.3, -0.25) is 14.7 Å². The van der Waals surface area contributed by atoms with Crippen LogP contribution in [0, 0.1) is 0 Å². The molecule has 5 rings (SSSR count). The van der Waals surface area contributed by atoms with Crippen LogP contribution in [-0.2, 0) is 4.79 Å². The summed E-state index contributed by atoms with van der Waals surface area (Å²) < 4.78 is 0. The predicted molar refractivity (Wildman–Crippen MR) is 114 cm³/mol. The minimum atomic E-state index is -0.166. The van der Waals surface area contributed by atoms with Crippen LogP contribution in [0.5, 0.6) is 0 Å². The van der Waals surface area contributed by atoms with Gasteiger partial charge >= 0.3 is 0 Å². The van der Waals surface area contributed by atoms with Crippen molar-refractivity contribution in [2.24, 2.45) is 4.99 Å². The fourth-order valence-electron chi connectivity index (χ4n) is 4.53. The third-order valence-electron chi connectivity index (χ3n) is 5.93. The summed E-state index contributed by atoms with van der Waals surface area (Å²) in [6, 6.07) is 11.4. The summed E-state index contributed by atoms with van der Waals surface area (Å²) in [5, 5.41) is 7.35. The fraction of sp³-hybridized carbons (Fsp3) is 0.381. The summed E-state index contributed by atoms with van der Waals surface area (Å²) in [5.41, 5.74) is 2.01. The van der Waals surface area contributed by atoms with Crippen molar-refractivity contribution < 1.29 is 4.79 Å². The zero-order valence-electron chi connectivity index (χ0n) is 16.1. The van der Waals surface area contributed by atoms with E-state index in [1.807, 2.05) is 30.3 Å². The van der Waals surface area contributed by atoms with Gasteiger partial charge < -0.3 is 15.5 Å². The van der Waals surface area contributed by atoms with Gasteiger partial charge in [0.05, 0.1) is 13.1 Å². The summed E-state index contributed by atoms with van der Waals surface area (Å²) in [5.74, 6) is 1.62. The molecule has 0 unspecified atom stereocenters. The second-order valence-corrected chi connectivity index (χ2v) is 8.18. The molecule has 3 aliphatic rings. The Balaban J connectivity index is 1.27. The Morgan fingerprint density at radius 1 is 1.21 bits per heavy atom. The van der Waals surface area contributed by atoms with Crippen LogP contribution in [0.4, 0.5) is 11.5 Å². The number of piperidine rings is 1. The zero-order valence-corrected chi connectivity index (χ0v) is 16.8. The SMILES string of the molecule is O=C(CN1CCC2(CC1)Nc1cc(Cl)ccc1C1=NCCN12)Nc1ccccn1. The van der Waals surface area contributed by atoms with Crippen LogP contribution in [0.15, 0.2) is 47.6 Å². The van der Waals surface area contributed by atoms with Crippen LogP contribution < -0.4 is 10.6 Å². The van der Waals surface area contributed by atoms with Crippen LogP contribution in [0.1, 0.15) is 18.4 Å². The van der Waals surface area contributed by atoms with Crippen molar-refractivity contribution in [1.29, 1.82) is 0 Å². The number of hydrogen-bond donors (Lipinski definition) is 2. The number of rotatable bonds is 3. The van der Waals surface area contributed by atoms with Crippen LogP contribution in [0.2, 0.25) is 5.02 Å². The molecule has 0 aliphatic carbocycles. The molecular weight excluding hydrogens is 388 g/mol. The van der Waals surface area contributed by atoms with Gasteiger partial charge in [0.2, 0.25) is 5.91 Å². The lowest BCUT2D eigenvalue weighted by Gasteiger charge is -2.52. The Hall–Kier alpha value is -2.64. The normalized spacial score (nSPS) is 19.9. The standard InChI is InChI=1S/C21H23ClN6O/c22-15-4-5-16-17(13-15)26-21(28-12-9-24-20(16)28)6-10-27(11-7-21)14-19(29)25-18-3-1-2-8-23-18/h1-5,8,13,26H,6-7,9-12,14H2,(H,23,25,29). The van der Waals surface area contributed by atoms with E-state index >= 15 is 0 Å². The average molecular weight is 411 g/mol. The highest BCUT2D eigenvalue weighted by atomic mass is 35.5. The van der Waals surface area contributed by atoms with Crippen LogP contribution in [0.25, 0.3) is 0 Å². The number of carbonyl (C=O) groups is 1. The molecular formula is C21H23ClN6O. The van der Waals surface area contributed by atoms with E-state index in [4.69, 9.17) is 16.6 Å². The molecule has 150 valence electrons. The molecule has 7 nitrogen and oxygen atoms in total. The molecule has 2 N–H and O–H groups in total. The quantitative estimate of drug-likeness (QED) is 0.813. The maximum absolute atomic E-state index is 12.4. The van der Waals surface area contributed by atoms with Crippen molar-refractivity contribution in [1.82, 2.24) is 14.8 Å². The first-order valence-corrected chi connectivity index (χ1v) is 10.3. The Morgan fingerprint density at radius 2 is 2.07 bits per heavy atom. The molecule has 1 aromatic heterocycles. The molecule has 29 heavy (non-hydrogen) atoms. The third-order valence-corrected chi connectivity index (χ3v) is 6.17. The van der Waals surface area contributed by atoms with E-state index in [1.54, 1.807) is 12.3 Å². The van der Waals surface area contributed by atoms with E-state index in [0.717, 1.165) is 61.1 Å². The number of anilines is 2. The summed E-state index contributed by atoms with van der Waals surface area (Å²) >= 11 is 6.24. The highest BCUT2D eigenvalue weighted by Crippen LogP contribution is 2.40. The van der Waals surface area contributed by atoms with Crippen molar-refractivity contribution in [3.63, 3.8) is 0 Å². The number of amides is 1. The largest absolute Gasteiger partial charge is 0.362 e. The molecule has 4 heterocycles. The molecule has 1 spiro atoms. The van der Waals surface area contributed by atoms with Crippen molar-refractivity contribution in [3.8, 4) is 0 Å². The fourth-order valence-corrected chi connectivity index (χ4v) is 4.70. The number of likely N-dealkylation sites (tertiary alicyclic amines) is 1. The van der Waals surface area contributed by atoms with Gasteiger partial charge in [0.1, 0.15) is 17.3 Å². The van der Waals surface area contributed by atoms with Crippen LogP contribution >= 0.6 is 11.6 Å². The first-order chi connectivity index (χ1) is 14.1. The third kappa shape index (κ3) is 3.45. The van der Waals surface area contributed by atoms with Crippen molar-refractivity contribution in [2.45, 2.75) is 18.5 Å². The molecule has 1 amide bonds. The summed E-state index contributed by atoms with van der Waals surface area (Å²) in [4.78, 5) is 25.9. The number of halogens is 1. The Bertz CT molecular complexity index is 955. The van der Waals surface area contributed by atoms with Gasteiger partial charge in [-0.25, -0.2) is 4.98 Å². The number of hydrogen-bond acceptors (Lipinski definition) is 6. The number of fused-ring (bicyclic) bond motifs is 4. The maximum Gasteiger partial charge on any atom is 0.239 e. The first kappa shape index (κ1) is 18.4. The highest BCUT2D eigenvalue weighted by Gasteiger charge is 2.46. The smallest absolute Gasteiger partial charge is 0.239 e. The van der Waals surface area contributed by atoms with Gasteiger partial charge in [-0.1, -0.05) is 17.7 Å². The molecule has 8 heteroatoms. The van der Waals surface area contributed by atoms with E-state index in [-0.39, 0.29) is 11.6 Å². The molecule has 2 aromatic rings. The van der Waals surface area contributed by atoms with Crippen LogP contribution in [0.3, 0.4) is 0 Å². The number of aliphatic imine (C=N–C) groups is 1. The van der Waals surface area contributed by atoms with Crippen molar-refractivity contribution >= 4 is 34.8 Å². The molecule has 0 atom stereocenters. The lowest BCUT2D eigenvalue weighted by molar-refractivity contribution is -0.117. The maximum atomic E-state index is 12.4. The molecule has 0 bridgehead atoms. The molecule has 1 aromatic carbocycles. The first-order valence-electron chi connectivity index (χ1n) is 9.96. The Labute approximate surface area is 174 Å². The molecule has 3 aliphatic heterocycles. The number of nitrogens with one attached hydrogen (secondary N) is 2. The second-order valence-electron chi connectivity index (χ2n) is 7.74. The lowest BCUT2D eigenvalue weighted by atomic mass is 9.90. The zero-order chi connectivity index (χ0) is 19.8. The molecule has 0 radical (unpaired) electrons. The van der Waals surface area contributed by atoms with Gasteiger partial charge in [-0.15, -0.1) is 0 Å². The van der Waals surface area contributed by atoms with E-state index < -0.39 is 0 Å². The van der Waals surface area contributed by atoms with Gasteiger partial charge in [0.25, 0.3) is 0 Å². The number of amidine groups is 1. The van der Waals surface area contributed by atoms with Gasteiger partial charge in [0, 0.05) is 54.9 Å². The van der Waals surface area contributed by atoms with E-state index in [2.05, 4.69) is 25.4 Å². The van der Waals surface area contributed by atoms with Gasteiger partial charge in [-0.05, 0) is 30.3 Å². The highest BCUT2D eigenvalue weighted by molar-refractivity contribution is 6.31. The number of aromatic nitrogens is 1.